The van der Waals surface area contributed by atoms with E-state index >= 15 is 0 Å². The predicted molar refractivity (Wildman–Crippen MR) is 75.2 cm³/mol. The summed E-state index contributed by atoms with van der Waals surface area (Å²) in [5.41, 5.74) is -0.222. The van der Waals surface area contributed by atoms with Crippen LogP contribution in [0.3, 0.4) is 0 Å². The number of nitrogens with one attached hydrogen (secondary N) is 2. The fraction of sp³-hybridized carbons (Fsp3) is 0.429. The van der Waals surface area contributed by atoms with Gasteiger partial charge in [-0.15, -0.1) is 0 Å². The molecule has 0 radical (unpaired) electrons. The fourth-order valence-corrected chi connectivity index (χ4v) is 1.97. The Morgan fingerprint density at radius 1 is 1.43 bits per heavy atom. The highest BCUT2D eigenvalue weighted by atomic mass is 16.5. The van der Waals surface area contributed by atoms with Crippen LogP contribution in [-0.2, 0) is 4.79 Å². The van der Waals surface area contributed by atoms with Crippen LogP contribution >= 0.6 is 0 Å². The summed E-state index contributed by atoms with van der Waals surface area (Å²) in [5.74, 6) is -0.258. The summed E-state index contributed by atoms with van der Waals surface area (Å²) >= 11 is 0. The van der Waals surface area contributed by atoms with Crippen LogP contribution in [-0.4, -0.2) is 47.4 Å². The summed E-state index contributed by atoms with van der Waals surface area (Å²) in [6, 6.07) is 4.63. The first-order valence-electron chi connectivity index (χ1n) is 6.64. The molecule has 0 spiro atoms. The van der Waals surface area contributed by atoms with Crippen molar-refractivity contribution in [3.63, 3.8) is 0 Å². The van der Waals surface area contributed by atoms with Crippen LogP contribution in [0.15, 0.2) is 18.2 Å². The topological polar surface area (TPSA) is 108 Å². The van der Waals surface area contributed by atoms with Crippen LogP contribution in [0.25, 0.3) is 0 Å². The number of ether oxygens (including phenoxy) is 1. The molecular weight excluding hydrogens is 276 g/mol. The maximum absolute atomic E-state index is 12.2. The van der Waals surface area contributed by atoms with Gasteiger partial charge >= 0.3 is 0 Å². The minimum Gasteiger partial charge on any atom is -0.482 e. The van der Waals surface area contributed by atoms with Gasteiger partial charge in [-0.3, -0.25) is 9.59 Å². The van der Waals surface area contributed by atoms with Crippen LogP contribution in [0.2, 0.25) is 0 Å². The molecule has 1 aliphatic heterocycles. The van der Waals surface area contributed by atoms with Gasteiger partial charge in [-0.05, 0) is 24.6 Å². The van der Waals surface area contributed by atoms with Gasteiger partial charge in [0.1, 0.15) is 5.75 Å². The molecule has 21 heavy (non-hydrogen) atoms. The molecule has 0 bridgehead atoms. The first kappa shape index (κ1) is 15.3. The number of fused-ring (bicyclic) bond motifs is 1. The first-order valence-corrected chi connectivity index (χ1v) is 6.64. The van der Waals surface area contributed by atoms with Crippen LogP contribution in [0.5, 0.6) is 5.75 Å². The molecule has 1 aromatic rings. The number of amides is 2. The van der Waals surface area contributed by atoms with Gasteiger partial charge in [-0.2, -0.15) is 0 Å². The number of aliphatic hydroxyl groups is 2. The number of anilines is 1. The van der Waals surface area contributed by atoms with Crippen molar-refractivity contribution >= 4 is 17.5 Å². The van der Waals surface area contributed by atoms with E-state index < -0.39 is 11.4 Å². The Morgan fingerprint density at radius 2 is 2.14 bits per heavy atom. The Hall–Kier alpha value is -2.12. The van der Waals surface area contributed by atoms with E-state index in [0.29, 0.717) is 23.4 Å². The molecule has 1 heterocycles. The fourth-order valence-electron chi connectivity index (χ4n) is 1.97. The zero-order valence-electron chi connectivity index (χ0n) is 11.7. The maximum Gasteiger partial charge on any atom is 0.262 e. The molecule has 0 saturated heterocycles. The molecule has 7 nitrogen and oxygen atoms in total. The number of carbonyl (C=O) groups excluding carboxylic acids is 2. The van der Waals surface area contributed by atoms with Crippen molar-refractivity contribution in [2.75, 3.05) is 25.1 Å². The molecule has 7 heteroatoms. The average molecular weight is 294 g/mol. The van der Waals surface area contributed by atoms with E-state index in [9.17, 15) is 19.8 Å². The Balaban J connectivity index is 2.19. The van der Waals surface area contributed by atoms with Crippen LogP contribution in [0.4, 0.5) is 5.69 Å². The molecule has 0 aromatic heterocycles. The predicted octanol–water partition coefficient (Wildman–Crippen LogP) is -0.119. The minimum absolute atomic E-state index is 0.0930. The molecular formula is C14H18N2O5. The highest BCUT2D eigenvalue weighted by Crippen LogP contribution is 2.28. The Bertz CT molecular complexity index is 546. The van der Waals surface area contributed by atoms with Crippen molar-refractivity contribution in [3.05, 3.63) is 23.8 Å². The van der Waals surface area contributed by atoms with Crippen LogP contribution in [0.1, 0.15) is 23.7 Å². The second kappa shape index (κ2) is 6.11. The molecule has 0 fully saturated rings. The van der Waals surface area contributed by atoms with E-state index in [-0.39, 0.29) is 25.7 Å². The lowest BCUT2D eigenvalue weighted by Gasteiger charge is -2.29. The van der Waals surface area contributed by atoms with Crippen molar-refractivity contribution < 1.29 is 24.5 Å². The number of carbonyl (C=O) groups is 2. The molecule has 4 N–H and O–H groups in total. The Morgan fingerprint density at radius 3 is 2.76 bits per heavy atom. The molecule has 2 amide bonds. The zero-order chi connectivity index (χ0) is 15.5. The molecule has 114 valence electrons. The quantitative estimate of drug-likeness (QED) is 0.605. The van der Waals surface area contributed by atoms with E-state index in [4.69, 9.17) is 4.74 Å². The van der Waals surface area contributed by atoms with Gasteiger partial charge in [0.25, 0.3) is 11.8 Å². The summed E-state index contributed by atoms with van der Waals surface area (Å²) in [4.78, 5) is 23.4. The van der Waals surface area contributed by atoms with Gasteiger partial charge in [-0.25, -0.2) is 0 Å². The first-order chi connectivity index (χ1) is 10.0. The largest absolute Gasteiger partial charge is 0.482 e. The average Bonchev–Trinajstić information content (AvgIpc) is 2.52. The van der Waals surface area contributed by atoms with Gasteiger partial charge in [0.15, 0.2) is 6.61 Å². The summed E-state index contributed by atoms with van der Waals surface area (Å²) in [6.07, 6.45) is 0.392. The smallest absolute Gasteiger partial charge is 0.262 e. The van der Waals surface area contributed by atoms with Crippen molar-refractivity contribution in [2.45, 2.75) is 18.9 Å². The summed E-state index contributed by atoms with van der Waals surface area (Å²) in [7, 11) is 0. The van der Waals surface area contributed by atoms with Crippen molar-refractivity contribution in [1.29, 1.82) is 0 Å². The summed E-state index contributed by atoms with van der Waals surface area (Å²) in [6.45, 7) is 0.953. The number of benzene rings is 1. The molecule has 0 atom stereocenters. The second-order valence-corrected chi connectivity index (χ2v) is 4.95. The van der Waals surface area contributed by atoms with Gasteiger partial charge in [0, 0.05) is 5.56 Å². The summed E-state index contributed by atoms with van der Waals surface area (Å²) in [5, 5.41) is 24.0. The molecule has 1 aliphatic rings. The number of hydrogen-bond donors (Lipinski definition) is 4. The monoisotopic (exact) mass is 294 g/mol. The van der Waals surface area contributed by atoms with Crippen LogP contribution < -0.4 is 15.4 Å². The number of rotatable bonds is 5. The van der Waals surface area contributed by atoms with Gasteiger partial charge in [0.2, 0.25) is 0 Å². The SMILES string of the molecule is CCC(CO)(CO)NC(=O)c1ccc2c(c1)OCC(=O)N2. The van der Waals surface area contributed by atoms with Crippen molar-refractivity contribution in [3.8, 4) is 5.75 Å². The maximum atomic E-state index is 12.2. The zero-order valence-corrected chi connectivity index (χ0v) is 11.7. The molecule has 1 aromatic carbocycles. The highest BCUT2D eigenvalue weighted by Gasteiger charge is 2.29. The third-order valence-corrected chi connectivity index (χ3v) is 3.54. The lowest BCUT2D eigenvalue weighted by atomic mass is 9.97. The molecule has 0 saturated carbocycles. The van der Waals surface area contributed by atoms with E-state index in [1.165, 1.54) is 12.1 Å². The van der Waals surface area contributed by atoms with E-state index in [1.54, 1.807) is 13.0 Å². The molecule has 2 rings (SSSR count). The summed E-state index contributed by atoms with van der Waals surface area (Å²) < 4.78 is 5.24. The van der Waals surface area contributed by atoms with Gasteiger partial charge in [-0.1, -0.05) is 6.92 Å². The van der Waals surface area contributed by atoms with Crippen molar-refractivity contribution in [1.82, 2.24) is 5.32 Å². The van der Waals surface area contributed by atoms with Gasteiger partial charge < -0.3 is 25.6 Å². The van der Waals surface area contributed by atoms with E-state index in [1.807, 2.05) is 0 Å². The lowest BCUT2D eigenvalue weighted by molar-refractivity contribution is -0.118. The lowest BCUT2D eigenvalue weighted by Crippen LogP contribution is -2.53. The second-order valence-electron chi connectivity index (χ2n) is 4.95. The number of hydrogen-bond acceptors (Lipinski definition) is 5. The van der Waals surface area contributed by atoms with Crippen LogP contribution in [0, 0.1) is 0 Å². The third-order valence-electron chi connectivity index (χ3n) is 3.54. The molecule has 0 aliphatic carbocycles. The third kappa shape index (κ3) is 3.14. The normalized spacial score (nSPS) is 14.0. The number of aliphatic hydroxyl groups excluding tert-OH is 2. The minimum atomic E-state index is -1.05. The Kier molecular flexibility index (Phi) is 4.44. The van der Waals surface area contributed by atoms with Crippen molar-refractivity contribution in [2.24, 2.45) is 0 Å². The van der Waals surface area contributed by atoms with E-state index in [0.717, 1.165) is 0 Å². The highest BCUT2D eigenvalue weighted by molar-refractivity contribution is 5.99. The Labute approximate surface area is 121 Å². The van der Waals surface area contributed by atoms with Gasteiger partial charge in [0.05, 0.1) is 24.4 Å². The standard InChI is InChI=1S/C14H18N2O5/c1-2-14(7-17,8-18)16-13(20)9-3-4-10-11(5-9)21-6-12(19)15-10/h3-5,17-18H,2,6-8H2,1H3,(H,15,19)(H,16,20). The molecule has 0 unspecified atom stereocenters. The van der Waals surface area contributed by atoms with E-state index in [2.05, 4.69) is 10.6 Å².